The van der Waals surface area contributed by atoms with Gasteiger partial charge in [0, 0.05) is 0 Å². The highest BCUT2D eigenvalue weighted by Crippen LogP contribution is 2.04. The van der Waals surface area contributed by atoms with Gasteiger partial charge in [0.15, 0.2) is 0 Å². The van der Waals surface area contributed by atoms with Crippen LogP contribution in [0, 0.1) is 0 Å². The Labute approximate surface area is 82.4 Å². The molecule has 0 heteroatoms. The minimum Gasteiger partial charge on any atom is -0.126 e. The van der Waals surface area contributed by atoms with Gasteiger partial charge in [-0.1, -0.05) is 43.7 Å². The molecule has 0 aliphatic rings. The standard InChI is InChI=1S/C13H20/c1-5-9-13(4)11-8-7-10-12(3)6-2/h7,10-11H,2,5,8-9H2,1,3-4H3. The molecule has 0 spiro atoms. The molecule has 0 aromatic rings. The fraction of sp³-hybridized carbons (Fsp3) is 0.462. The zero-order chi connectivity index (χ0) is 10.1. The highest BCUT2D eigenvalue weighted by molar-refractivity contribution is 5.15. The van der Waals surface area contributed by atoms with E-state index in [1.165, 1.54) is 18.4 Å². The fourth-order valence-electron chi connectivity index (χ4n) is 1.07. The predicted molar refractivity (Wildman–Crippen MR) is 60.7 cm³/mol. The molecular weight excluding hydrogens is 156 g/mol. The molecule has 0 N–H and O–H groups in total. The summed E-state index contributed by atoms with van der Waals surface area (Å²) >= 11 is 0. The maximum atomic E-state index is 3.58. The number of hydrogen-bond donors (Lipinski definition) is 0. The van der Waals surface area contributed by atoms with Gasteiger partial charge in [-0.05, 0) is 32.3 Å². The average Bonchev–Trinajstić information content (AvgIpc) is 2.12. The highest BCUT2D eigenvalue weighted by atomic mass is 13.9. The SMILES string of the molecule is C=C=C(C)C=CCC=C(C)CCC. The van der Waals surface area contributed by atoms with Crippen LogP contribution in [-0.2, 0) is 0 Å². The molecule has 0 saturated heterocycles. The van der Waals surface area contributed by atoms with E-state index in [2.05, 4.69) is 44.4 Å². The van der Waals surface area contributed by atoms with E-state index in [0.29, 0.717) is 0 Å². The summed E-state index contributed by atoms with van der Waals surface area (Å²) in [7, 11) is 0. The Hall–Kier alpha value is -1.00. The van der Waals surface area contributed by atoms with Crippen molar-refractivity contribution in [3.63, 3.8) is 0 Å². The van der Waals surface area contributed by atoms with Gasteiger partial charge in [-0.3, -0.25) is 0 Å². The third-order valence-electron chi connectivity index (χ3n) is 1.89. The first-order valence-corrected chi connectivity index (χ1v) is 4.89. The van der Waals surface area contributed by atoms with Gasteiger partial charge in [0.05, 0.1) is 0 Å². The van der Waals surface area contributed by atoms with Crippen molar-refractivity contribution in [1.82, 2.24) is 0 Å². The summed E-state index contributed by atoms with van der Waals surface area (Å²) in [6, 6.07) is 0. The molecule has 0 aliphatic heterocycles. The summed E-state index contributed by atoms with van der Waals surface area (Å²) < 4.78 is 0. The second-order valence-electron chi connectivity index (χ2n) is 3.30. The smallest absolute Gasteiger partial charge is 0.0101 e. The quantitative estimate of drug-likeness (QED) is 0.330. The van der Waals surface area contributed by atoms with Gasteiger partial charge < -0.3 is 0 Å². The van der Waals surface area contributed by atoms with E-state index >= 15 is 0 Å². The Bertz CT molecular complexity index is 235. The number of hydrogen-bond acceptors (Lipinski definition) is 0. The Kier molecular flexibility index (Phi) is 7.05. The first-order chi connectivity index (χ1) is 6.20. The second-order valence-corrected chi connectivity index (χ2v) is 3.30. The van der Waals surface area contributed by atoms with Gasteiger partial charge in [0.2, 0.25) is 0 Å². The summed E-state index contributed by atoms with van der Waals surface area (Å²) in [5.41, 5.74) is 5.42. The Morgan fingerprint density at radius 2 is 2.08 bits per heavy atom. The second kappa shape index (κ2) is 7.64. The molecule has 0 amide bonds. The van der Waals surface area contributed by atoms with Crippen LogP contribution in [0.15, 0.2) is 41.7 Å². The molecule has 0 nitrogen and oxygen atoms in total. The van der Waals surface area contributed by atoms with Crippen LogP contribution in [0.1, 0.15) is 40.0 Å². The van der Waals surface area contributed by atoms with Gasteiger partial charge in [-0.15, -0.1) is 5.73 Å². The molecule has 0 unspecified atom stereocenters. The van der Waals surface area contributed by atoms with Gasteiger partial charge in [-0.25, -0.2) is 0 Å². The molecule has 72 valence electrons. The third kappa shape index (κ3) is 7.36. The van der Waals surface area contributed by atoms with Gasteiger partial charge >= 0.3 is 0 Å². The van der Waals surface area contributed by atoms with E-state index in [1.807, 2.05) is 6.92 Å². The van der Waals surface area contributed by atoms with E-state index in [9.17, 15) is 0 Å². The van der Waals surface area contributed by atoms with Crippen molar-refractivity contribution in [3.8, 4) is 0 Å². The summed E-state index contributed by atoms with van der Waals surface area (Å²) in [5, 5.41) is 0. The largest absolute Gasteiger partial charge is 0.126 e. The highest BCUT2D eigenvalue weighted by Gasteiger charge is 1.84. The lowest BCUT2D eigenvalue weighted by atomic mass is 10.1. The first-order valence-electron chi connectivity index (χ1n) is 4.89. The monoisotopic (exact) mass is 176 g/mol. The summed E-state index contributed by atoms with van der Waals surface area (Å²) in [6.07, 6.45) is 9.94. The van der Waals surface area contributed by atoms with Crippen LogP contribution < -0.4 is 0 Å². The molecule has 0 atom stereocenters. The van der Waals surface area contributed by atoms with Gasteiger partial charge in [0.1, 0.15) is 0 Å². The van der Waals surface area contributed by atoms with E-state index in [0.717, 1.165) is 12.0 Å². The van der Waals surface area contributed by atoms with Crippen LogP contribution in [0.5, 0.6) is 0 Å². The fourth-order valence-corrected chi connectivity index (χ4v) is 1.07. The van der Waals surface area contributed by atoms with Crippen molar-refractivity contribution in [2.45, 2.75) is 40.0 Å². The van der Waals surface area contributed by atoms with E-state index in [4.69, 9.17) is 0 Å². The van der Waals surface area contributed by atoms with E-state index < -0.39 is 0 Å². The predicted octanol–water partition coefficient (Wildman–Crippen LogP) is 4.41. The average molecular weight is 176 g/mol. The van der Waals surface area contributed by atoms with Crippen molar-refractivity contribution in [1.29, 1.82) is 0 Å². The summed E-state index contributed by atoms with van der Waals surface area (Å²) in [6.45, 7) is 9.98. The zero-order valence-corrected chi connectivity index (χ0v) is 9.06. The minimum absolute atomic E-state index is 1.02. The van der Waals surface area contributed by atoms with E-state index in [-0.39, 0.29) is 0 Å². The summed E-state index contributed by atoms with van der Waals surface area (Å²) in [4.78, 5) is 0. The van der Waals surface area contributed by atoms with Crippen molar-refractivity contribution in [2.75, 3.05) is 0 Å². The lowest BCUT2D eigenvalue weighted by molar-refractivity contribution is 0.899. The van der Waals surface area contributed by atoms with Crippen molar-refractivity contribution >= 4 is 0 Å². The Morgan fingerprint density at radius 1 is 1.38 bits per heavy atom. The van der Waals surface area contributed by atoms with Gasteiger partial charge in [0.25, 0.3) is 0 Å². The van der Waals surface area contributed by atoms with Crippen molar-refractivity contribution in [3.05, 3.63) is 41.7 Å². The molecule has 0 aromatic carbocycles. The van der Waals surface area contributed by atoms with Crippen molar-refractivity contribution in [2.24, 2.45) is 0 Å². The normalized spacial score (nSPS) is 11.8. The molecule has 0 aromatic heterocycles. The molecule has 0 fully saturated rings. The van der Waals surface area contributed by atoms with Crippen LogP contribution in [-0.4, -0.2) is 0 Å². The topological polar surface area (TPSA) is 0 Å². The minimum atomic E-state index is 1.02. The molecule has 13 heavy (non-hydrogen) atoms. The molecule has 0 heterocycles. The van der Waals surface area contributed by atoms with E-state index in [1.54, 1.807) is 0 Å². The third-order valence-corrected chi connectivity index (χ3v) is 1.89. The number of allylic oxidation sites excluding steroid dienone is 5. The first kappa shape index (κ1) is 12.0. The maximum Gasteiger partial charge on any atom is -0.0101 e. The van der Waals surface area contributed by atoms with Gasteiger partial charge in [-0.2, -0.15) is 0 Å². The van der Waals surface area contributed by atoms with Crippen LogP contribution in [0.3, 0.4) is 0 Å². The summed E-state index contributed by atoms with van der Waals surface area (Å²) in [5.74, 6) is 0. The molecule has 0 aliphatic carbocycles. The van der Waals surface area contributed by atoms with Crippen LogP contribution in [0.25, 0.3) is 0 Å². The molecule has 0 bridgehead atoms. The molecular formula is C13H20. The molecule has 0 saturated carbocycles. The van der Waals surface area contributed by atoms with Crippen LogP contribution in [0.2, 0.25) is 0 Å². The number of rotatable bonds is 5. The molecule has 0 radical (unpaired) electrons. The lowest BCUT2D eigenvalue weighted by Crippen LogP contribution is -1.74. The van der Waals surface area contributed by atoms with Crippen molar-refractivity contribution < 1.29 is 0 Å². The Morgan fingerprint density at radius 3 is 2.62 bits per heavy atom. The zero-order valence-electron chi connectivity index (χ0n) is 9.06. The Balaban J connectivity index is 3.84. The van der Waals surface area contributed by atoms with Crippen LogP contribution >= 0.6 is 0 Å². The maximum absolute atomic E-state index is 3.58. The lowest BCUT2D eigenvalue weighted by Gasteiger charge is -1.94. The van der Waals surface area contributed by atoms with Crippen LogP contribution in [0.4, 0.5) is 0 Å². The molecule has 0 rings (SSSR count).